The standard InChI is InChI=1S/C18H17ClN2/c1-12-6-7-14(15(19)10-12)11-16(20)18-9-8-13-4-2-3-5-17(13)21-18/h2-10,16H,11,20H2,1H3. The highest BCUT2D eigenvalue weighted by Crippen LogP contribution is 2.23. The summed E-state index contributed by atoms with van der Waals surface area (Å²) >= 11 is 6.28. The molecule has 2 nitrogen and oxygen atoms in total. The number of hydrogen-bond acceptors (Lipinski definition) is 2. The normalized spacial score (nSPS) is 12.5. The Morgan fingerprint density at radius 1 is 1.10 bits per heavy atom. The molecule has 2 N–H and O–H groups in total. The number of hydrogen-bond donors (Lipinski definition) is 1. The Morgan fingerprint density at radius 3 is 2.71 bits per heavy atom. The van der Waals surface area contributed by atoms with Crippen molar-refractivity contribution < 1.29 is 0 Å². The number of aromatic nitrogens is 1. The molecule has 1 unspecified atom stereocenters. The molecule has 0 aliphatic rings. The van der Waals surface area contributed by atoms with Crippen LogP contribution in [0.25, 0.3) is 10.9 Å². The average Bonchev–Trinajstić information content (AvgIpc) is 2.49. The molecule has 0 saturated heterocycles. The topological polar surface area (TPSA) is 38.9 Å². The van der Waals surface area contributed by atoms with Crippen LogP contribution in [0.15, 0.2) is 54.6 Å². The molecule has 0 bridgehead atoms. The second-order valence-electron chi connectivity index (χ2n) is 5.33. The molecule has 1 atom stereocenters. The van der Waals surface area contributed by atoms with Gasteiger partial charge in [0, 0.05) is 10.4 Å². The summed E-state index contributed by atoms with van der Waals surface area (Å²) in [7, 11) is 0. The van der Waals surface area contributed by atoms with Gasteiger partial charge in [-0.3, -0.25) is 4.98 Å². The maximum absolute atomic E-state index is 6.30. The molecule has 0 aliphatic carbocycles. The molecule has 0 radical (unpaired) electrons. The molecule has 0 aliphatic heterocycles. The lowest BCUT2D eigenvalue weighted by molar-refractivity contribution is 0.700. The maximum atomic E-state index is 6.30. The monoisotopic (exact) mass is 296 g/mol. The molecule has 0 amide bonds. The van der Waals surface area contributed by atoms with Crippen LogP contribution >= 0.6 is 11.6 Å². The van der Waals surface area contributed by atoms with Crippen LogP contribution in [0, 0.1) is 6.92 Å². The van der Waals surface area contributed by atoms with Crippen molar-refractivity contribution in [2.75, 3.05) is 0 Å². The Kier molecular flexibility index (Phi) is 3.91. The summed E-state index contributed by atoms with van der Waals surface area (Å²) in [4.78, 5) is 4.65. The number of para-hydroxylation sites is 1. The first-order valence-electron chi connectivity index (χ1n) is 7.00. The number of halogens is 1. The van der Waals surface area contributed by atoms with E-state index in [0.29, 0.717) is 6.42 Å². The van der Waals surface area contributed by atoms with E-state index in [4.69, 9.17) is 17.3 Å². The van der Waals surface area contributed by atoms with Gasteiger partial charge in [0.1, 0.15) is 0 Å². The lowest BCUT2D eigenvalue weighted by atomic mass is 10.0. The summed E-state index contributed by atoms with van der Waals surface area (Å²) in [5, 5.41) is 1.90. The second kappa shape index (κ2) is 5.84. The molecule has 3 rings (SSSR count). The van der Waals surface area contributed by atoms with E-state index in [1.54, 1.807) is 0 Å². The van der Waals surface area contributed by atoms with Crippen molar-refractivity contribution in [2.24, 2.45) is 5.73 Å². The van der Waals surface area contributed by atoms with E-state index in [1.165, 1.54) is 0 Å². The van der Waals surface area contributed by atoms with Gasteiger partial charge in [0.25, 0.3) is 0 Å². The first-order chi connectivity index (χ1) is 10.1. The number of aryl methyl sites for hydroxylation is 1. The van der Waals surface area contributed by atoms with Crippen molar-refractivity contribution in [3.8, 4) is 0 Å². The predicted octanol–water partition coefficient (Wildman–Crippen LogP) is 4.44. The van der Waals surface area contributed by atoms with Gasteiger partial charge < -0.3 is 5.73 Å². The van der Waals surface area contributed by atoms with Crippen LogP contribution < -0.4 is 5.73 Å². The number of nitrogens with zero attached hydrogens (tertiary/aromatic N) is 1. The summed E-state index contributed by atoms with van der Waals surface area (Å²) in [6.07, 6.45) is 0.685. The number of nitrogens with two attached hydrogens (primary N) is 1. The van der Waals surface area contributed by atoms with Gasteiger partial charge in [0.05, 0.1) is 17.3 Å². The molecule has 106 valence electrons. The van der Waals surface area contributed by atoms with Crippen LogP contribution in [-0.4, -0.2) is 4.98 Å². The zero-order valence-electron chi connectivity index (χ0n) is 11.9. The lowest BCUT2D eigenvalue weighted by Crippen LogP contribution is -2.15. The van der Waals surface area contributed by atoms with Gasteiger partial charge in [-0.15, -0.1) is 0 Å². The first-order valence-corrected chi connectivity index (χ1v) is 7.37. The molecular formula is C18H17ClN2. The Bertz CT molecular complexity index is 783. The van der Waals surface area contributed by atoms with Crippen LogP contribution in [0.1, 0.15) is 22.9 Å². The molecule has 3 aromatic rings. The van der Waals surface area contributed by atoms with Crippen molar-refractivity contribution in [2.45, 2.75) is 19.4 Å². The molecule has 21 heavy (non-hydrogen) atoms. The van der Waals surface area contributed by atoms with Gasteiger partial charge >= 0.3 is 0 Å². The number of benzene rings is 2. The largest absolute Gasteiger partial charge is 0.322 e. The molecule has 0 fully saturated rings. The molecular weight excluding hydrogens is 280 g/mol. The van der Waals surface area contributed by atoms with Gasteiger partial charge in [-0.25, -0.2) is 0 Å². The lowest BCUT2D eigenvalue weighted by Gasteiger charge is -2.13. The molecule has 1 heterocycles. The zero-order chi connectivity index (χ0) is 14.8. The van der Waals surface area contributed by atoms with Crippen LogP contribution in [0.2, 0.25) is 5.02 Å². The fourth-order valence-electron chi connectivity index (χ4n) is 2.45. The second-order valence-corrected chi connectivity index (χ2v) is 5.74. The first kappa shape index (κ1) is 14.1. The molecule has 1 aromatic heterocycles. The summed E-state index contributed by atoms with van der Waals surface area (Å²) in [6.45, 7) is 2.03. The Morgan fingerprint density at radius 2 is 1.90 bits per heavy atom. The third kappa shape index (κ3) is 3.07. The molecule has 0 spiro atoms. The number of pyridine rings is 1. The van der Waals surface area contributed by atoms with E-state index in [0.717, 1.165) is 32.7 Å². The summed E-state index contributed by atoms with van der Waals surface area (Å²) in [5.74, 6) is 0. The average molecular weight is 297 g/mol. The van der Waals surface area contributed by atoms with E-state index < -0.39 is 0 Å². The quantitative estimate of drug-likeness (QED) is 0.776. The molecule has 3 heteroatoms. The van der Waals surface area contributed by atoms with Crippen LogP contribution in [0.3, 0.4) is 0 Å². The highest BCUT2D eigenvalue weighted by atomic mass is 35.5. The van der Waals surface area contributed by atoms with Crippen molar-refractivity contribution in [1.29, 1.82) is 0 Å². The van der Waals surface area contributed by atoms with Gasteiger partial charge in [-0.05, 0) is 42.7 Å². The van der Waals surface area contributed by atoms with Crippen LogP contribution in [0.4, 0.5) is 0 Å². The van der Waals surface area contributed by atoms with Gasteiger partial charge in [-0.1, -0.05) is 48.0 Å². The Labute approximate surface area is 129 Å². The van der Waals surface area contributed by atoms with Crippen molar-refractivity contribution >= 4 is 22.5 Å². The Hall–Kier alpha value is -1.90. The van der Waals surface area contributed by atoms with E-state index in [2.05, 4.69) is 23.2 Å². The minimum absolute atomic E-state index is 0.158. The SMILES string of the molecule is Cc1ccc(CC(N)c2ccc3ccccc3n2)c(Cl)c1. The van der Waals surface area contributed by atoms with Crippen molar-refractivity contribution in [3.05, 3.63) is 76.4 Å². The zero-order valence-corrected chi connectivity index (χ0v) is 12.6. The van der Waals surface area contributed by atoms with Gasteiger partial charge in [-0.2, -0.15) is 0 Å². The summed E-state index contributed by atoms with van der Waals surface area (Å²) in [5.41, 5.74) is 10.4. The van der Waals surface area contributed by atoms with Crippen molar-refractivity contribution in [3.63, 3.8) is 0 Å². The predicted molar refractivity (Wildman–Crippen MR) is 88.6 cm³/mol. The van der Waals surface area contributed by atoms with Crippen molar-refractivity contribution in [1.82, 2.24) is 4.98 Å². The fourth-order valence-corrected chi connectivity index (χ4v) is 2.76. The fraction of sp³-hybridized carbons (Fsp3) is 0.167. The molecule has 2 aromatic carbocycles. The highest BCUT2D eigenvalue weighted by molar-refractivity contribution is 6.31. The summed E-state index contributed by atoms with van der Waals surface area (Å²) < 4.78 is 0. The van der Waals surface area contributed by atoms with Gasteiger partial charge in [0.2, 0.25) is 0 Å². The Balaban J connectivity index is 1.87. The smallest absolute Gasteiger partial charge is 0.0706 e. The van der Waals surface area contributed by atoms with Crippen LogP contribution in [0.5, 0.6) is 0 Å². The number of fused-ring (bicyclic) bond motifs is 1. The number of rotatable bonds is 3. The maximum Gasteiger partial charge on any atom is 0.0706 e. The van der Waals surface area contributed by atoms with Crippen LogP contribution in [-0.2, 0) is 6.42 Å². The van der Waals surface area contributed by atoms with E-state index in [-0.39, 0.29) is 6.04 Å². The van der Waals surface area contributed by atoms with E-state index in [1.807, 2.05) is 43.3 Å². The third-order valence-corrected chi connectivity index (χ3v) is 4.00. The van der Waals surface area contributed by atoms with E-state index >= 15 is 0 Å². The van der Waals surface area contributed by atoms with Gasteiger partial charge in [0.15, 0.2) is 0 Å². The third-order valence-electron chi connectivity index (χ3n) is 3.65. The molecule has 0 saturated carbocycles. The minimum Gasteiger partial charge on any atom is -0.322 e. The summed E-state index contributed by atoms with van der Waals surface area (Å²) in [6, 6.07) is 18.0. The van der Waals surface area contributed by atoms with E-state index in [9.17, 15) is 0 Å². The minimum atomic E-state index is -0.158. The highest BCUT2D eigenvalue weighted by Gasteiger charge is 2.11.